The Morgan fingerprint density at radius 1 is 1.28 bits per heavy atom. The SMILES string of the molecule is COCc1cn([C@@H]2C[C@@H]3CN(C(=O)c4cccnc4SC)C[C@@H]3C[C@H]2OC)nn1. The maximum atomic E-state index is 13.1. The van der Waals surface area contributed by atoms with E-state index in [1.807, 2.05) is 34.2 Å². The van der Waals surface area contributed by atoms with Crippen LogP contribution < -0.4 is 0 Å². The number of hydrogen-bond acceptors (Lipinski definition) is 7. The van der Waals surface area contributed by atoms with Gasteiger partial charge in [-0.25, -0.2) is 9.67 Å². The number of carbonyl (C=O) groups excluding carboxylic acids is 1. The van der Waals surface area contributed by atoms with Crippen LogP contribution in [0.1, 0.15) is 34.9 Å². The summed E-state index contributed by atoms with van der Waals surface area (Å²) in [5.41, 5.74) is 1.51. The van der Waals surface area contributed by atoms with Gasteiger partial charge in [-0.3, -0.25) is 4.79 Å². The zero-order chi connectivity index (χ0) is 20.4. The summed E-state index contributed by atoms with van der Waals surface area (Å²) in [4.78, 5) is 19.5. The molecule has 9 heteroatoms. The number of hydrogen-bond donors (Lipinski definition) is 0. The Bertz CT molecular complexity index is 860. The summed E-state index contributed by atoms with van der Waals surface area (Å²) in [7, 11) is 3.40. The highest BCUT2D eigenvalue weighted by Gasteiger charge is 2.45. The van der Waals surface area contributed by atoms with Crippen molar-refractivity contribution < 1.29 is 14.3 Å². The monoisotopic (exact) mass is 417 g/mol. The van der Waals surface area contributed by atoms with Gasteiger partial charge in [0.05, 0.1) is 30.5 Å². The van der Waals surface area contributed by atoms with Crippen LogP contribution in [-0.2, 0) is 16.1 Å². The molecule has 29 heavy (non-hydrogen) atoms. The number of amides is 1. The highest BCUT2D eigenvalue weighted by atomic mass is 32.2. The van der Waals surface area contributed by atoms with E-state index in [4.69, 9.17) is 9.47 Å². The fourth-order valence-electron chi connectivity index (χ4n) is 4.66. The summed E-state index contributed by atoms with van der Waals surface area (Å²) in [6, 6.07) is 3.82. The second kappa shape index (κ2) is 8.81. The molecule has 0 bridgehead atoms. The van der Waals surface area contributed by atoms with Crippen LogP contribution in [0, 0.1) is 11.8 Å². The number of carbonyl (C=O) groups is 1. The third kappa shape index (κ3) is 4.04. The minimum absolute atomic E-state index is 0.0588. The first-order valence-electron chi connectivity index (χ1n) is 9.85. The normalized spacial score (nSPS) is 26.5. The Labute approximate surface area is 175 Å². The molecule has 2 aliphatic rings. The number of ether oxygens (including phenoxy) is 2. The molecule has 0 N–H and O–H groups in total. The van der Waals surface area contributed by atoms with Crippen molar-refractivity contribution in [3.05, 3.63) is 35.8 Å². The van der Waals surface area contributed by atoms with E-state index in [-0.39, 0.29) is 18.1 Å². The van der Waals surface area contributed by atoms with Crippen LogP contribution in [0.4, 0.5) is 0 Å². The number of likely N-dealkylation sites (tertiary alicyclic amines) is 1. The van der Waals surface area contributed by atoms with Gasteiger partial charge in [-0.2, -0.15) is 0 Å². The maximum Gasteiger partial charge on any atom is 0.256 e. The van der Waals surface area contributed by atoms with Crippen molar-refractivity contribution >= 4 is 17.7 Å². The molecule has 0 radical (unpaired) electrons. The van der Waals surface area contributed by atoms with Gasteiger partial charge in [0.1, 0.15) is 10.7 Å². The second-order valence-electron chi connectivity index (χ2n) is 7.73. The zero-order valence-electron chi connectivity index (χ0n) is 17.0. The van der Waals surface area contributed by atoms with Crippen LogP contribution in [-0.4, -0.2) is 70.5 Å². The molecule has 1 aliphatic carbocycles. The highest BCUT2D eigenvalue weighted by Crippen LogP contribution is 2.42. The van der Waals surface area contributed by atoms with Gasteiger partial charge in [0.2, 0.25) is 0 Å². The average Bonchev–Trinajstić information content (AvgIpc) is 3.39. The van der Waals surface area contributed by atoms with E-state index < -0.39 is 0 Å². The van der Waals surface area contributed by atoms with Gasteiger partial charge >= 0.3 is 0 Å². The molecule has 2 fully saturated rings. The van der Waals surface area contributed by atoms with Crippen molar-refractivity contribution in [1.82, 2.24) is 24.9 Å². The molecule has 8 nitrogen and oxygen atoms in total. The molecule has 3 heterocycles. The standard InChI is InChI=1S/C20H27N5O3S/c1-27-12-15-11-25(23-22-15)17-7-13-9-24(10-14(13)8-18(17)28-2)20(26)16-5-4-6-21-19(16)29-3/h4-6,11,13-14,17-18H,7-10,12H2,1-3H3/t13-,14+,17-,18-/m1/s1. The third-order valence-corrected chi connectivity index (χ3v) is 6.77. The van der Waals surface area contributed by atoms with Crippen LogP contribution in [0.5, 0.6) is 0 Å². The van der Waals surface area contributed by atoms with Crippen molar-refractivity contribution in [2.75, 3.05) is 33.6 Å². The van der Waals surface area contributed by atoms with Gasteiger partial charge in [0.15, 0.2) is 0 Å². The molecule has 2 aromatic rings. The van der Waals surface area contributed by atoms with Gasteiger partial charge < -0.3 is 14.4 Å². The molecule has 0 aromatic carbocycles. The van der Waals surface area contributed by atoms with Crippen molar-refractivity contribution in [2.45, 2.75) is 36.6 Å². The summed E-state index contributed by atoms with van der Waals surface area (Å²) >= 11 is 1.51. The van der Waals surface area contributed by atoms with Crippen molar-refractivity contribution in [1.29, 1.82) is 0 Å². The summed E-state index contributed by atoms with van der Waals surface area (Å²) in [6.45, 7) is 1.98. The number of rotatable bonds is 6. The van der Waals surface area contributed by atoms with Crippen molar-refractivity contribution in [3.8, 4) is 0 Å². The molecule has 1 saturated carbocycles. The molecule has 1 saturated heterocycles. The number of aromatic nitrogens is 4. The van der Waals surface area contributed by atoms with E-state index in [1.165, 1.54) is 11.8 Å². The van der Waals surface area contributed by atoms with Crippen molar-refractivity contribution in [3.63, 3.8) is 0 Å². The van der Waals surface area contributed by atoms with E-state index >= 15 is 0 Å². The Hall–Kier alpha value is -1.97. The minimum Gasteiger partial charge on any atom is -0.379 e. The van der Waals surface area contributed by atoms with Gasteiger partial charge in [-0.1, -0.05) is 5.21 Å². The lowest BCUT2D eigenvalue weighted by atomic mass is 9.77. The second-order valence-corrected chi connectivity index (χ2v) is 8.52. The lowest BCUT2D eigenvalue weighted by Crippen LogP contribution is -2.37. The largest absolute Gasteiger partial charge is 0.379 e. The summed E-state index contributed by atoms with van der Waals surface area (Å²) in [5.74, 6) is 0.946. The van der Waals surface area contributed by atoms with Gasteiger partial charge in [-0.15, -0.1) is 16.9 Å². The quantitative estimate of drug-likeness (QED) is 0.667. The van der Waals surface area contributed by atoms with E-state index in [9.17, 15) is 4.79 Å². The van der Waals surface area contributed by atoms with Crippen LogP contribution in [0.25, 0.3) is 0 Å². The summed E-state index contributed by atoms with van der Waals surface area (Å²) < 4.78 is 12.9. The number of fused-ring (bicyclic) bond motifs is 1. The molecule has 156 valence electrons. The summed E-state index contributed by atoms with van der Waals surface area (Å²) in [5, 5.41) is 9.29. The number of thioether (sulfide) groups is 1. The molecular weight excluding hydrogens is 390 g/mol. The topological polar surface area (TPSA) is 82.4 Å². The van der Waals surface area contributed by atoms with Gasteiger partial charge in [-0.05, 0) is 43.1 Å². The Morgan fingerprint density at radius 3 is 2.79 bits per heavy atom. The summed E-state index contributed by atoms with van der Waals surface area (Å²) in [6.07, 6.45) is 7.52. The maximum absolute atomic E-state index is 13.1. The predicted molar refractivity (Wildman–Crippen MR) is 109 cm³/mol. The van der Waals surface area contributed by atoms with E-state index in [2.05, 4.69) is 15.3 Å². The van der Waals surface area contributed by atoms with Crippen molar-refractivity contribution in [2.24, 2.45) is 11.8 Å². The lowest BCUT2D eigenvalue weighted by Gasteiger charge is -2.36. The highest BCUT2D eigenvalue weighted by molar-refractivity contribution is 7.98. The predicted octanol–water partition coefficient (Wildman–Crippen LogP) is 2.28. The Balaban J connectivity index is 1.49. The third-order valence-electron chi connectivity index (χ3n) is 6.06. The zero-order valence-corrected chi connectivity index (χ0v) is 17.8. The first-order chi connectivity index (χ1) is 14.1. The fraction of sp³-hybridized carbons (Fsp3) is 0.600. The molecular formula is C20H27N5O3S. The molecule has 0 unspecified atom stereocenters. The molecule has 2 aromatic heterocycles. The van der Waals surface area contributed by atoms with E-state index in [0.717, 1.165) is 36.7 Å². The average molecular weight is 418 g/mol. The number of nitrogens with zero attached hydrogens (tertiary/aromatic N) is 5. The molecule has 4 atom stereocenters. The first kappa shape index (κ1) is 20.3. The Kier molecular flexibility index (Phi) is 6.17. The first-order valence-corrected chi connectivity index (χ1v) is 11.1. The van der Waals surface area contributed by atoms with Crippen LogP contribution >= 0.6 is 11.8 Å². The molecule has 1 amide bonds. The fourth-order valence-corrected chi connectivity index (χ4v) is 5.21. The van der Waals surface area contributed by atoms with Crippen LogP contribution in [0.2, 0.25) is 0 Å². The lowest BCUT2D eigenvalue weighted by molar-refractivity contribution is -0.00548. The molecule has 0 spiro atoms. The van der Waals surface area contributed by atoms with Crippen LogP contribution in [0.3, 0.4) is 0 Å². The number of methoxy groups -OCH3 is 2. The molecule has 1 aliphatic heterocycles. The van der Waals surface area contributed by atoms with E-state index in [0.29, 0.717) is 24.0 Å². The van der Waals surface area contributed by atoms with Gasteiger partial charge in [0, 0.05) is 33.5 Å². The Morgan fingerprint density at radius 2 is 2.07 bits per heavy atom. The number of pyridine rings is 1. The smallest absolute Gasteiger partial charge is 0.256 e. The molecule has 4 rings (SSSR count). The van der Waals surface area contributed by atoms with Gasteiger partial charge in [0.25, 0.3) is 5.91 Å². The van der Waals surface area contributed by atoms with Crippen LogP contribution in [0.15, 0.2) is 29.6 Å². The minimum atomic E-state index is 0.0588. The van der Waals surface area contributed by atoms with E-state index in [1.54, 1.807) is 20.4 Å².